The summed E-state index contributed by atoms with van der Waals surface area (Å²) < 4.78 is 2.46. The van der Waals surface area contributed by atoms with Crippen LogP contribution in [0.2, 0.25) is 0 Å². The van der Waals surface area contributed by atoms with Crippen LogP contribution in [0.4, 0.5) is 5.82 Å². The van der Waals surface area contributed by atoms with E-state index in [1.165, 1.54) is 20.2 Å². The molecule has 4 aromatic rings. The average Bonchev–Trinajstić information content (AvgIpc) is 2.97. The van der Waals surface area contributed by atoms with E-state index in [0.29, 0.717) is 0 Å². The molecular weight excluding hydrogens is 262 g/mol. The summed E-state index contributed by atoms with van der Waals surface area (Å²) in [4.78, 5) is 4.58. The van der Waals surface area contributed by atoms with E-state index >= 15 is 0 Å². The van der Waals surface area contributed by atoms with Crippen LogP contribution in [0.15, 0.2) is 35.7 Å². The van der Waals surface area contributed by atoms with Crippen LogP contribution in [0, 0.1) is 0 Å². The highest BCUT2D eigenvalue weighted by Gasteiger charge is 2.14. The van der Waals surface area contributed by atoms with Crippen molar-refractivity contribution >= 4 is 58.9 Å². The molecule has 0 aliphatic carbocycles. The van der Waals surface area contributed by atoms with Gasteiger partial charge in [0.15, 0.2) is 5.82 Å². The van der Waals surface area contributed by atoms with Crippen LogP contribution in [0.1, 0.15) is 0 Å². The summed E-state index contributed by atoms with van der Waals surface area (Å²) in [5.41, 5.74) is 3.69. The number of pyridine rings is 1. The van der Waals surface area contributed by atoms with Gasteiger partial charge in [-0.05, 0) is 17.5 Å². The van der Waals surface area contributed by atoms with E-state index in [9.17, 15) is 0 Å². The molecule has 0 saturated carbocycles. The molecule has 0 spiro atoms. The summed E-state index contributed by atoms with van der Waals surface area (Å²) >= 11 is 3.51. The molecule has 0 atom stereocenters. The maximum Gasteiger partial charge on any atom is 0.158 e. The van der Waals surface area contributed by atoms with Crippen molar-refractivity contribution in [1.29, 1.82) is 0 Å². The molecule has 0 aliphatic rings. The first-order valence-corrected chi connectivity index (χ1v) is 7.23. The third-order valence-corrected chi connectivity index (χ3v) is 5.33. The average molecular weight is 271 g/mol. The fourth-order valence-electron chi connectivity index (χ4n) is 2.31. The normalized spacial score (nSPS) is 11.6. The standard InChI is InChI=1S/C13H9N3S2/c14-16-12-11-10(8-5-6-17-13(8)18-11)7-3-1-2-4-9(7)15-12/h1-6H,14H2,(H,15,16). The number of fused-ring (bicyclic) bond motifs is 5. The van der Waals surface area contributed by atoms with Gasteiger partial charge in [0.2, 0.25) is 0 Å². The topological polar surface area (TPSA) is 50.9 Å². The summed E-state index contributed by atoms with van der Waals surface area (Å²) in [6.07, 6.45) is 0. The number of benzene rings is 1. The number of hydrazine groups is 1. The van der Waals surface area contributed by atoms with Crippen molar-refractivity contribution in [2.75, 3.05) is 5.43 Å². The van der Waals surface area contributed by atoms with Crippen LogP contribution in [0.25, 0.3) is 30.4 Å². The fourth-order valence-corrected chi connectivity index (χ4v) is 4.53. The second-order valence-electron chi connectivity index (χ2n) is 4.05. The molecule has 3 N–H and O–H groups in total. The highest BCUT2D eigenvalue weighted by molar-refractivity contribution is 7.41. The molecule has 3 aromatic heterocycles. The number of nitrogen functional groups attached to an aromatic ring is 1. The Bertz CT molecular complexity index is 876. The maximum absolute atomic E-state index is 5.60. The number of rotatable bonds is 1. The molecule has 0 amide bonds. The van der Waals surface area contributed by atoms with Crippen LogP contribution in [0.3, 0.4) is 0 Å². The van der Waals surface area contributed by atoms with Gasteiger partial charge < -0.3 is 5.43 Å². The maximum atomic E-state index is 5.60. The van der Waals surface area contributed by atoms with Crippen molar-refractivity contribution in [2.24, 2.45) is 5.84 Å². The van der Waals surface area contributed by atoms with Crippen LogP contribution in [-0.4, -0.2) is 4.98 Å². The Balaban J connectivity index is 2.37. The monoisotopic (exact) mass is 271 g/mol. The largest absolute Gasteiger partial charge is 0.307 e. The number of nitrogens with two attached hydrogens (primary N) is 1. The minimum Gasteiger partial charge on any atom is -0.307 e. The quantitative estimate of drug-likeness (QED) is 0.407. The van der Waals surface area contributed by atoms with E-state index in [1.54, 1.807) is 22.7 Å². The third-order valence-electron chi connectivity index (χ3n) is 3.08. The molecule has 88 valence electrons. The van der Waals surface area contributed by atoms with Gasteiger partial charge in [0.05, 0.1) is 14.2 Å². The number of thiophene rings is 2. The molecule has 0 aliphatic heterocycles. The highest BCUT2D eigenvalue weighted by Crippen LogP contribution is 2.43. The van der Waals surface area contributed by atoms with E-state index in [-0.39, 0.29) is 0 Å². The molecule has 3 heterocycles. The van der Waals surface area contributed by atoms with Gasteiger partial charge >= 0.3 is 0 Å². The third kappa shape index (κ3) is 1.23. The van der Waals surface area contributed by atoms with Gasteiger partial charge in [0.1, 0.15) is 0 Å². The first-order valence-electron chi connectivity index (χ1n) is 5.53. The molecule has 4 rings (SSSR count). The van der Waals surface area contributed by atoms with Gasteiger partial charge in [-0.25, -0.2) is 10.8 Å². The van der Waals surface area contributed by atoms with Gasteiger partial charge in [-0.15, -0.1) is 22.7 Å². The second kappa shape index (κ2) is 3.65. The molecule has 5 heteroatoms. The molecule has 0 fully saturated rings. The van der Waals surface area contributed by atoms with Gasteiger partial charge in [0.25, 0.3) is 0 Å². The Morgan fingerprint density at radius 3 is 2.89 bits per heavy atom. The summed E-state index contributed by atoms with van der Waals surface area (Å²) in [6.45, 7) is 0. The minimum absolute atomic E-state index is 0.761. The van der Waals surface area contributed by atoms with Crippen LogP contribution >= 0.6 is 22.7 Å². The Morgan fingerprint density at radius 1 is 1.11 bits per heavy atom. The number of hydrogen-bond donors (Lipinski definition) is 2. The van der Waals surface area contributed by atoms with Crippen molar-refractivity contribution < 1.29 is 0 Å². The smallest absolute Gasteiger partial charge is 0.158 e. The molecule has 0 unspecified atom stereocenters. The predicted octanol–water partition coefficient (Wildman–Crippen LogP) is 3.95. The lowest BCUT2D eigenvalue weighted by Crippen LogP contribution is -2.08. The fraction of sp³-hybridized carbons (Fsp3) is 0. The van der Waals surface area contributed by atoms with Gasteiger partial charge in [0, 0.05) is 16.2 Å². The predicted molar refractivity (Wildman–Crippen MR) is 80.3 cm³/mol. The summed E-state index contributed by atoms with van der Waals surface area (Å²) in [5.74, 6) is 6.36. The summed E-state index contributed by atoms with van der Waals surface area (Å²) in [7, 11) is 0. The lowest BCUT2D eigenvalue weighted by molar-refractivity contribution is 1.29. The SMILES string of the molecule is NNc1nc2ccccc2c2c1sc1sccc12. The van der Waals surface area contributed by atoms with E-state index in [2.05, 4.69) is 34.0 Å². The van der Waals surface area contributed by atoms with E-state index in [4.69, 9.17) is 5.84 Å². The summed E-state index contributed by atoms with van der Waals surface area (Å²) in [5, 5.41) is 5.88. The Hall–Kier alpha value is -1.69. The molecular formula is C13H9N3S2. The Kier molecular flexibility index (Phi) is 2.08. The lowest BCUT2D eigenvalue weighted by atomic mass is 10.1. The number of anilines is 1. The number of aromatic nitrogens is 1. The van der Waals surface area contributed by atoms with Gasteiger partial charge in [-0.2, -0.15) is 0 Å². The second-order valence-corrected chi connectivity index (χ2v) is 6.24. The number of hydrogen-bond acceptors (Lipinski definition) is 5. The van der Waals surface area contributed by atoms with E-state index in [1.807, 2.05) is 12.1 Å². The Morgan fingerprint density at radius 2 is 2.00 bits per heavy atom. The Labute approximate surface area is 111 Å². The van der Waals surface area contributed by atoms with Crippen molar-refractivity contribution in [3.05, 3.63) is 35.7 Å². The van der Waals surface area contributed by atoms with Crippen LogP contribution < -0.4 is 11.3 Å². The first-order chi connectivity index (χ1) is 8.88. The molecule has 0 saturated heterocycles. The van der Waals surface area contributed by atoms with Crippen LogP contribution in [-0.2, 0) is 0 Å². The highest BCUT2D eigenvalue weighted by atomic mass is 32.2. The number of nitrogens with one attached hydrogen (secondary N) is 1. The molecule has 18 heavy (non-hydrogen) atoms. The minimum atomic E-state index is 0.761. The summed E-state index contributed by atoms with van der Waals surface area (Å²) in [6, 6.07) is 10.4. The van der Waals surface area contributed by atoms with Gasteiger partial charge in [-0.1, -0.05) is 18.2 Å². The van der Waals surface area contributed by atoms with Crippen molar-refractivity contribution in [3.63, 3.8) is 0 Å². The molecule has 0 bridgehead atoms. The van der Waals surface area contributed by atoms with Crippen LogP contribution in [0.5, 0.6) is 0 Å². The molecule has 3 nitrogen and oxygen atoms in total. The van der Waals surface area contributed by atoms with Crippen molar-refractivity contribution in [2.45, 2.75) is 0 Å². The van der Waals surface area contributed by atoms with Gasteiger partial charge in [-0.3, -0.25) is 0 Å². The van der Waals surface area contributed by atoms with E-state index < -0.39 is 0 Å². The first kappa shape index (κ1) is 10.3. The van der Waals surface area contributed by atoms with Crippen molar-refractivity contribution in [3.8, 4) is 0 Å². The zero-order valence-electron chi connectivity index (χ0n) is 9.31. The number of para-hydroxylation sites is 1. The molecule has 1 aromatic carbocycles. The molecule has 0 radical (unpaired) electrons. The van der Waals surface area contributed by atoms with E-state index in [0.717, 1.165) is 16.0 Å². The number of nitrogens with zero attached hydrogens (tertiary/aromatic N) is 1. The zero-order valence-corrected chi connectivity index (χ0v) is 10.9. The zero-order chi connectivity index (χ0) is 12.1. The lowest BCUT2D eigenvalue weighted by Gasteiger charge is -2.04. The van der Waals surface area contributed by atoms with Crippen molar-refractivity contribution in [1.82, 2.24) is 4.98 Å².